The highest BCUT2D eigenvalue weighted by molar-refractivity contribution is 5.51. The van der Waals surface area contributed by atoms with Crippen molar-refractivity contribution in [1.29, 1.82) is 0 Å². The van der Waals surface area contributed by atoms with Crippen molar-refractivity contribution in [2.45, 2.75) is 65.5 Å². The van der Waals surface area contributed by atoms with Crippen LogP contribution in [0, 0.1) is 11.3 Å². The number of aliphatic hydroxyl groups is 1. The van der Waals surface area contributed by atoms with E-state index in [1.165, 1.54) is 32.1 Å². The number of benzene rings is 1. The van der Waals surface area contributed by atoms with Gasteiger partial charge in [0.2, 0.25) is 0 Å². The van der Waals surface area contributed by atoms with Gasteiger partial charge in [0.05, 0.1) is 6.61 Å². The summed E-state index contributed by atoms with van der Waals surface area (Å²) in [5.41, 5.74) is 2.54. The van der Waals surface area contributed by atoms with Crippen LogP contribution in [0.1, 0.15) is 58.4 Å². The zero-order valence-electron chi connectivity index (χ0n) is 13.2. The van der Waals surface area contributed by atoms with Gasteiger partial charge in [-0.2, -0.15) is 0 Å². The van der Waals surface area contributed by atoms with E-state index >= 15 is 0 Å². The van der Waals surface area contributed by atoms with E-state index in [0.29, 0.717) is 11.5 Å². The van der Waals surface area contributed by atoms with Crippen LogP contribution in [0.5, 0.6) is 0 Å². The normalized spacial score (nSPS) is 24.2. The summed E-state index contributed by atoms with van der Waals surface area (Å²) in [6, 6.07) is 8.65. The SMILES string of the molecule is CC(C)(C)C1CCCC(Nc2ccccc2CO)CC1. The summed E-state index contributed by atoms with van der Waals surface area (Å²) in [5, 5.41) is 13.1. The van der Waals surface area contributed by atoms with Crippen molar-refractivity contribution in [3.63, 3.8) is 0 Å². The molecule has 1 fully saturated rings. The summed E-state index contributed by atoms with van der Waals surface area (Å²) in [6.45, 7) is 7.21. The monoisotopic (exact) mass is 275 g/mol. The molecule has 2 rings (SSSR count). The third kappa shape index (κ3) is 3.99. The molecule has 0 radical (unpaired) electrons. The molecule has 0 spiro atoms. The molecule has 0 aliphatic heterocycles. The molecule has 0 amide bonds. The van der Waals surface area contributed by atoms with Crippen molar-refractivity contribution in [1.82, 2.24) is 0 Å². The first-order valence-electron chi connectivity index (χ1n) is 7.96. The maximum Gasteiger partial charge on any atom is 0.0701 e. The summed E-state index contributed by atoms with van der Waals surface area (Å²) < 4.78 is 0. The number of aliphatic hydroxyl groups excluding tert-OH is 1. The summed E-state index contributed by atoms with van der Waals surface area (Å²) in [5.74, 6) is 0.836. The van der Waals surface area contributed by atoms with Crippen molar-refractivity contribution in [3.8, 4) is 0 Å². The Morgan fingerprint density at radius 1 is 1.10 bits per heavy atom. The molecule has 1 aromatic carbocycles. The number of anilines is 1. The molecule has 1 aliphatic carbocycles. The van der Waals surface area contributed by atoms with Crippen LogP contribution in [-0.2, 0) is 6.61 Å². The molecule has 20 heavy (non-hydrogen) atoms. The molecule has 0 aromatic heterocycles. The average Bonchev–Trinajstić information content (AvgIpc) is 2.64. The Balaban J connectivity index is 1.97. The van der Waals surface area contributed by atoms with Crippen LogP contribution in [0.25, 0.3) is 0 Å². The van der Waals surface area contributed by atoms with Gasteiger partial charge in [-0.25, -0.2) is 0 Å². The van der Waals surface area contributed by atoms with Crippen LogP contribution >= 0.6 is 0 Å². The van der Waals surface area contributed by atoms with Crippen molar-refractivity contribution >= 4 is 5.69 Å². The molecule has 2 heteroatoms. The van der Waals surface area contributed by atoms with Crippen LogP contribution in [-0.4, -0.2) is 11.1 Å². The van der Waals surface area contributed by atoms with Gasteiger partial charge in [-0.15, -0.1) is 0 Å². The van der Waals surface area contributed by atoms with E-state index < -0.39 is 0 Å². The molecule has 0 bridgehead atoms. The standard InChI is InChI=1S/C18H29NO/c1-18(2,3)15-8-6-9-16(12-11-15)19-17-10-5-4-7-14(17)13-20/h4-5,7,10,15-16,19-20H,6,8-9,11-13H2,1-3H3. The Morgan fingerprint density at radius 2 is 1.85 bits per heavy atom. The fourth-order valence-electron chi connectivity index (χ4n) is 3.33. The summed E-state index contributed by atoms with van der Waals surface area (Å²) in [4.78, 5) is 0. The van der Waals surface area contributed by atoms with Crippen LogP contribution in [0.15, 0.2) is 24.3 Å². The first-order valence-corrected chi connectivity index (χ1v) is 7.96. The lowest BCUT2D eigenvalue weighted by Crippen LogP contribution is -2.22. The van der Waals surface area contributed by atoms with Gasteiger partial charge in [-0.05, 0) is 43.1 Å². The smallest absolute Gasteiger partial charge is 0.0701 e. The molecule has 112 valence electrons. The minimum atomic E-state index is 0.112. The largest absolute Gasteiger partial charge is 0.392 e. The van der Waals surface area contributed by atoms with Crippen LogP contribution < -0.4 is 5.32 Å². The van der Waals surface area contributed by atoms with Crippen LogP contribution in [0.2, 0.25) is 0 Å². The summed E-state index contributed by atoms with van der Waals surface area (Å²) in [6.07, 6.45) is 6.45. The second kappa shape index (κ2) is 6.62. The minimum absolute atomic E-state index is 0.112. The first-order chi connectivity index (χ1) is 9.50. The number of hydrogen-bond acceptors (Lipinski definition) is 2. The van der Waals surface area contributed by atoms with Gasteiger partial charge in [0.15, 0.2) is 0 Å². The zero-order chi connectivity index (χ0) is 14.6. The predicted molar refractivity (Wildman–Crippen MR) is 85.8 cm³/mol. The third-order valence-corrected chi connectivity index (χ3v) is 4.74. The molecule has 2 nitrogen and oxygen atoms in total. The van der Waals surface area contributed by atoms with Gasteiger partial charge in [0, 0.05) is 17.3 Å². The van der Waals surface area contributed by atoms with E-state index in [0.717, 1.165) is 17.2 Å². The third-order valence-electron chi connectivity index (χ3n) is 4.74. The lowest BCUT2D eigenvalue weighted by atomic mass is 9.76. The van der Waals surface area contributed by atoms with Gasteiger partial charge in [0.25, 0.3) is 0 Å². The Labute approximate surface area is 123 Å². The lowest BCUT2D eigenvalue weighted by molar-refractivity contribution is 0.214. The predicted octanol–water partition coefficient (Wildman–Crippen LogP) is 4.59. The number of rotatable bonds is 3. The van der Waals surface area contributed by atoms with Gasteiger partial charge < -0.3 is 10.4 Å². The Morgan fingerprint density at radius 3 is 2.55 bits per heavy atom. The average molecular weight is 275 g/mol. The highest BCUT2D eigenvalue weighted by Crippen LogP contribution is 2.37. The molecule has 2 atom stereocenters. The molecule has 1 saturated carbocycles. The first kappa shape index (κ1) is 15.4. The Kier molecular flexibility index (Phi) is 5.09. The molecule has 1 aromatic rings. The Bertz CT molecular complexity index is 422. The van der Waals surface area contributed by atoms with Crippen LogP contribution in [0.3, 0.4) is 0 Å². The van der Waals surface area contributed by atoms with Gasteiger partial charge in [-0.3, -0.25) is 0 Å². The zero-order valence-corrected chi connectivity index (χ0v) is 13.2. The maximum atomic E-state index is 9.41. The maximum absolute atomic E-state index is 9.41. The fraction of sp³-hybridized carbons (Fsp3) is 0.667. The van der Waals surface area contributed by atoms with Crippen molar-refractivity contribution in [3.05, 3.63) is 29.8 Å². The van der Waals surface area contributed by atoms with E-state index in [1.807, 2.05) is 18.2 Å². The lowest BCUT2D eigenvalue weighted by Gasteiger charge is -2.29. The summed E-state index contributed by atoms with van der Waals surface area (Å²) >= 11 is 0. The highest BCUT2D eigenvalue weighted by atomic mass is 16.3. The van der Waals surface area contributed by atoms with Crippen LogP contribution in [0.4, 0.5) is 5.69 Å². The minimum Gasteiger partial charge on any atom is -0.392 e. The van der Waals surface area contributed by atoms with Gasteiger partial charge in [-0.1, -0.05) is 45.4 Å². The molecule has 0 saturated heterocycles. The number of hydrogen-bond donors (Lipinski definition) is 2. The van der Waals surface area contributed by atoms with E-state index in [4.69, 9.17) is 0 Å². The Hall–Kier alpha value is -1.02. The van der Waals surface area contributed by atoms with Gasteiger partial charge in [0.1, 0.15) is 0 Å². The topological polar surface area (TPSA) is 32.3 Å². The van der Waals surface area contributed by atoms with Crippen molar-refractivity contribution in [2.24, 2.45) is 11.3 Å². The second-order valence-electron chi connectivity index (χ2n) is 7.23. The number of nitrogens with one attached hydrogen (secondary N) is 1. The van der Waals surface area contributed by atoms with E-state index in [1.54, 1.807) is 0 Å². The van der Waals surface area contributed by atoms with Crippen molar-refractivity contribution in [2.75, 3.05) is 5.32 Å². The molecular formula is C18H29NO. The fourth-order valence-corrected chi connectivity index (χ4v) is 3.33. The summed E-state index contributed by atoms with van der Waals surface area (Å²) in [7, 11) is 0. The quantitative estimate of drug-likeness (QED) is 0.791. The molecule has 0 heterocycles. The van der Waals surface area contributed by atoms with Crippen molar-refractivity contribution < 1.29 is 5.11 Å². The van der Waals surface area contributed by atoms with Gasteiger partial charge >= 0.3 is 0 Å². The van der Waals surface area contributed by atoms with E-state index in [-0.39, 0.29) is 6.61 Å². The molecule has 1 aliphatic rings. The molecule has 2 unspecified atom stereocenters. The number of para-hydroxylation sites is 1. The highest BCUT2D eigenvalue weighted by Gasteiger charge is 2.27. The molecule has 2 N–H and O–H groups in total. The van der Waals surface area contributed by atoms with E-state index in [2.05, 4.69) is 32.2 Å². The molecular weight excluding hydrogens is 246 g/mol. The second-order valence-corrected chi connectivity index (χ2v) is 7.23. The van der Waals surface area contributed by atoms with E-state index in [9.17, 15) is 5.11 Å².